The fourth-order valence-electron chi connectivity index (χ4n) is 1.68. The minimum Gasteiger partial charge on any atom is -0.353 e. The third kappa shape index (κ3) is 5.43. The van der Waals surface area contributed by atoms with E-state index < -0.39 is 0 Å². The molecular weight excluding hydrogens is 236 g/mol. The summed E-state index contributed by atoms with van der Waals surface area (Å²) in [7, 11) is 0. The normalized spacial score (nSPS) is 14.8. The molecule has 1 aromatic carbocycles. The summed E-state index contributed by atoms with van der Waals surface area (Å²) >= 11 is 0. The topological polar surface area (TPSA) is 55.1 Å². The zero-order valence-electron chi connectivity index (χ0n) is 12.4. The van der Waals surface area contributed by atoms with Gasteiger partial charge in [-0.1, -0.05) is 51.1 Å². The van der Waals surface area contributed by atoms with Crippen LogP contribution in [0.4, 0.5) is 0 Å². The van der Waals surface area contributed by atoms with Gasteiger partial charge in [0, 0.05) is 18.5 Å². The van der Waals surface area contributed by atoms with Crippen LogP contribution >= 0.6 is 0 Å². The standard InChI is InChI=1S/C16H26N2O/c1-12(16(2,3)4)18-15(19)11-10-14(17)13-8-6-5-7-9-13/h5-9,12,14H,10-11,17H2,1-4H3,(H,18,19). The number of nitrogens with one attached hydrogen (secondary N) is 1. The summed E-state index contributed by atoms with van der Waals surface area (Å²) in [5, 5.41) is 3.03. The van der Waals surface area contributed by atoms with Crippen molar-refractivity contribution in [1.82, 2.24) is 5.32 Å². The third-order valence-corrected chi connectivity index (χ3v) is 3.59. The third-order valence-electron chi connectivity index (χ3n) is 3.59. The van der Waals surface area contributed by atoms with Gasteiger partial charge in [0.15, 0.2) is 0 Å². The van der Waals surface area contributed by atoms with Crippen molar-refractivity contribution in [2.45, 2.75) is 52.6 Å². The number of hydrogen-bond donors (Lipinski definition) is 2. The lowest BCUT2D eigenvalue weighted by Gasteiger charge is -2.28. The maximum absolute atomic E-state index is 11.9. The van der Waals surface area contributed by atoms with Crippen LogP contribution in [-0.2, 0) is 4.79 Å². The average Bonchev–Trinajstić information content (AvgIpc) is 2.35. The first-order valence-electron chi connectivity index (χ1n) is 6.90. The van der Waals surface area contributed by atoms with Gasteiger partial charge >= 0.3 is 0 Å². The summed E-state index contributed by atoms with van der Waals surface area (Å²) in [5.74, 6) is 0.0776. The van der Waals surface area contributed by atoms with E-state index in [1.807, 2.05) is 37.3 Å². The molecule has 3 N–H and O–H groups in total. The molecule has 19 heavy (non-hydrogen) atoms. The number of hydrogen-bond acceptors (Lipinski definition) is 2. The van der Waals surface area contributed by atoms with E-state index in [0.29, 0.717) is 12.8 Å². The van der Waals surface area contributed by atoms with Gasteiger partial charge in [0.25, 0.3) is 0 Å². The Morgan fingerprint density at radius 3 is 2.37 bits per heavy atom. The molecule has 0 fully saturated rings. The second-order valence-corrected chi connectivity index (χ2v) is 6.21. The minimum absolute atomic E-state index is 0.0723. The highest BCUT2D eigenvalue weighted by Crippen LogP contribution is 2.19. The Morgan fingerprint density at radius 2 is 1.84 bits per heavy atom. The van der Waals surface area contributed by atoms with Crippen molar-refractivity contribution in [2.24, 2.45) is 11.1 Å². The number of rotatable bonds is 5. The SMILES string of the molecule is CC(NC(=O)CCC(N)c1ccccc1)C(C)(C)C. The number of carbonyl (C=O) groups is 1. The molecule has 0 saturated carbocycles. The molecule has 0 heterocycles. The molecule has 2 atom stereocenters. The quantitative estimate of drug-likeness (QED) is 0.857. The molecule has 106 valence electrons. The first-order chi connectivity index (χ1) is 8.80. The molecule has 1 amide bonds. The lowest BCUT2D eigenvalue weighted by atomic mass is 9.88. The van der Waals surface area contributed by atoms with Crippen LogP contribution in [0.25, 0.3) is 0 Å². The molecule has 0 saturated heterocycles. The number of nitrogens with two attached hydrogens (primary N) is 1. The van der Waals surface area contributed by atoms with Gasteiger partial charge < -0.3 is 11.1 Å². The number of carbonyl (C=O) groups excluding carboxylic acids is 1. The van der Waals surface area contributed by atoms with E-state index in [2.05, 4.69) is 26.1 Å². The van der Waals surface area contributed by atoms with E-state index in [1.165, 1.54) is 0 Å². The maximum Gasteiger partial charge on any atom is 0.220 e. The largest absolute Gasteiger partial charge is 0.353 e. The Labute approximate surface area is 116 Å². The molecular formula is C16H26N2O. The lowest BCUT2D eigenvalue weighted by Crippen LogP contribution is -2.41. The van der Waals surface area contributed by atoms with E-state index in [1.54, 1.807) is 0 Å². The molecule has 0 aromatic heterocycles. The van der Waals surface area contributed by atoms with Gasteiger partial charge in [-0.05, 0) is 24.3 Å². The van der Waals surface area contributed by atoms with Crippen LogP contribution in [0.5, 0.6) is 0 Å². The average molecular weight is 262 g/mol. The molecule has 0 radical (unpaired) electrons. The summed E-state index contributed by atoms with van der Waals surface area (Å²) in [6.07, 6.45) is 1.14. The van der Waals surface area contributed by atoms with E-state index in [9.17, 15) is 4.79 Å². The van der Waals surface area contributed by atoms with Crippen LogP contribution in [-0.4, -0.2) is 11.9 Å². The monoisotopic (exact) mass is 262 g/mol. The highest BCUT2D eigenvalue weighted by atomic mass is 16.1. The summed E-state index contributed by atoms with van der Waals surface area (Å²) in [4.78, 5) is 11.9. The van der Waals surface area contributed by atoms with E-state index in [0.717, 1.165) is 5.56 Å². The summed E-state index contributed by atoms with van der Waals surface area (Å²) < 4.78 is 0. The van der Waals surface area contributed by atoms with E-state index >= 15 is 0 Å². The predicted molar refractivity (Wildman–Crippen MR) is 79.7 cm³/mol. The summed E-state index contributed by atoms with van der Waals surface area (Å²) in [6, 6.07) is 9.99. The van der Waals surface area contributed by atoms with Crippen molar-refractivity contribution in [2.75, 3.05) is 0 Å². The van der Waals surface area contributed by atoms with Gasteiger partial charge in [-0.15, -0.1) is 0 Å². The van der Waals surface area contributed by atoms with Crippen molar-refractivity contribution >= 4 is 5.91 Å². The molecule has 3 nitrogen and oxygen atoms in total. The van der Waals surface area contributed by atoms with E-state index in [4.69, 9.17) is 5.73 Å². The second-order valence-electron chi connectivity index (χ2n) is 6.21. The second kappa shape index (κ2) is 6.71. The van der Waals surface area contributed by atoms with Crippen LogP contribution in [0.3, 0.4) is 0 Å². The zero-order valence-corrected chi connectivity index (χ0v) is 12.4. The Kier molecular flexibility index (Phi) is 5.55. The molecule has 1 aromatic rings. The van der Waals surface area contributed by atoms with Gasteiger partial charge in [-0.2, -0.15) is 0 Å². The van der Waals surface area contributed by atoms with Crippen LogP contribution in [0.1, 0.15) is 52.1 Å². The molecule has 0 bridgehead atoms. The lowest BCUT2D eigenvalue weighted by molar-refractivity contribution is -0.122. The van der Waals surface area contributed by atoms with Crippen LogP contribution in [0, 0.1) is 5.41 Å². The van der Waals surface area contributed by atoms with Crippen molar-refractivity contribution in [3.05, 3.63) is 35.9 Å². The van der Waals surface area contributed by atoms with Gasteiger partial charge in [0.05, 0.1) is 0 Å². The summed E-state index contributed by atoms with van der Waals surface area (Å²) in [5.41, 5.74) is 7.24. The Hall–Kier alpha value is -1.35. The van der Waals surface area contributed by atoms with Crippen LogP contribution in [0.2, 0.25) is 0 Å². The Morgan fingerprint density at radius 1 is 1.26 bits per heavy atom. The fraction of sp³-hybridized carbons (Fsp3) is 0.562. The summed E-state index contributed by atoms with van der Waals surface area (Å²) in [6.45, 7) is 8.39. The number of amides is 1. The van der Waals surface area contributed by atoms with Crippen molar-refractivity contribution in [3.63, 3.8) is 0 Å². The number of benzene rings is 1. The molecule has 2 unspecified atom stereocenters. The zero-order chi connectivity index (χ0) is 14.5. The van der Waals surface area contributed by atoms with Crippen LogP contribution < -0.4 is 11.1 Å². The highest BCUT2D eigenvalue weighted by molar-refractivity contribution is 5.76. The van der Waals surface area contributed by atoms with Gasteiger partial charge in [-0.25, -0.2) is 0 Å². The molecule has 0 spiro atoms. The predicted octanol–water partition coefficient (Wildman–Crippen LogP) is 3.02. The highest BCUT2D eigenvalue weighted by Gasteiger charge is 2.21. The first-order valence-corrected chi connectivity index (χ1v) is 6.90. The molecule has 0 aliphatic carbocycles. The first kappa shape index (κ1) is 15.7. The van der Waals surface area contributed by atoms with Crippen LogP contribution in [0.15, 0.2) is 30.3 Å². The smallest absolute Gasteiger partial charge is 0.220 e. The van der Waals surface area contributed by atoms with Gasteiger partial charge in [0.2, 0.25) is 5.91 Å². The van der Waals surface area contributed by atoms with E-state index in [-0.39, 0.29) is 23.4 Å². The van der Waals surface area contributed by atoms with Crippen molar-refractivity contribution in [3.8, 4) is 0 Å². The molecule has 0 aliphatic rings. The Bertz CT molecular complexity index is 395. The molecule has 3 heteroatoms. The van der Waals surface area contributed by atoms with Gasteiger partial charge in [0.1, 0.15) is 0 Å². The maximum atomic E-state index is 11.9. The minimum atomic E-state index is -0.0723. The molecule has 0 aliphatic heterocycles. The fourth-order valence-corrected chi connectivity index (χ4v) is 1.68. The molecule has 1 rings (SSSR count). The van der Waals surface area contributed by atoms with Crippen molar-refractivity contribution in [1.29, 1.82) is 0 Å². The van der Waals surface area contributed by atoms with Gasteiger partial charge in [-0.3, -0.25) is 4.79 Å². The Balaban J connectivity index is 2.39. The van der Waals surface area contributed by atoms with Crippen molar-refractivity contribution < 1.29 is 4.79 Å².